The molecule has 1 aliphatic carbocycles. The molecule has 3 rings (SSSR count). The molecule has 0 aliphatic heterocycles. The molecule has 0 bridgehead atoms. The van der Waals surface area contributed by atoms with Gasteiger partial charge in [0.05, 0.1) is 11.1 Å². The number of rotatable bonds is 3. The van der Waals surface area contributed by atoms with Gasteiger partial charge in [0, 0.05) is 11.1 Å². The molecule has 0 radical (unpaired) electrons. The van der Waals surface area contributed by atoms with E-state index in [-0.39, 0.29) is 0 Å². The fourth-order valence-corrected chi connectivity index (χ4v) is 3.19. The number of carboxylic acid groups (broad SMARTS) is 1. The van der Waals surface area contributed by atoms with Crippen molar-refractivity contribution in [3.63, 3.8) is 0 Å². The third kappa shape index (κ3) is 1.54. The molecule has 2 N–H and O–H groups in total. The van der Waals surface area contributed by atoms with E-state index in [1.807, 2.05) is 12.1 Å². The molecule has 1 atom stereocenters. The van der Waals surface area contributed by atoms with Gasteiger partial charge in [-0.05, 0) is 36.8 Å². The predicted molar refractivity (Wildman–Crippen MR) is 71.2 cm³/mol. The summed E-state index contributed by atoms with van der Waals surface area (Å²) in [5, 5.41) is 10.3. The summed E-state index contributed by atoms with van der Waals surface area (Å²) in [6, 6.07) is 5.55. The molecule has 1 heterocycles. The number of para-hydroxylation sites is 1. The van der Waals surface area contributed by atoms with Crippen molar-refractivity contribution in [2.24, 2.45) is 0 Å². The van der Waals surface area contributed by atoms with Crippen LogP contribution in [0.1, 0.15) is 53.7 Å². The average Bonchev–Trinajstić information content (AvgIpc) is 2.89. The number of carbonyl (C=O) groups is 1. The minimum absolute atomic E-state index is 0.386. The molecule has 94 valence electrons. The molecule has 1 aromatic heterocycles. The molecule has 3 heteroatoms. The van der Waals surface area contributed by atoms with Gasteiger partial charge < -0.3 is 10.1 Å². The van der Waals surface area contributed by atoms with Gasteiger partial charge in [-0.2, -0.15) is 0 Å². The molecule has 2 aromatic rings. The van der Waals surface area contributed by atoms with E-state index in [1.54, 1.807) is 6.07 Å². The van der Waals surface area contributed by atoms with Crippen molar-refractivity contribution in [3.05, 3.63) is 35.0 Å². The van der Waals surface area contributed by atoms with Crippen LogP contribution < -0.4 is 0 Å². The van der Waals surface area contributed by atoms with Crippen LogP contribution in [0.5, 0.6) is 0 Å². The van der Waals surface area contributed by atoms with Crippen LogP contribution in [0.4, 0.5) is 0 Å². The largest absolute Gasteiger partial charge is 0.478 e. The third-order valence-corrected chi connectivity index (χ3v) is 3.99. The Morgan fingerprint density at radius 1 is 1.50 bits per heavy atom. The molecule has 0 saturated heterocycles. The second kappa shape index (κ2) is 4.16. The second-order valence-electron chi connectivity index (χ2n) is 5.07. The van der Waals surface area contributed by atoms with Gasteiger partial charge in [-0.15, -0.1) is 0 Å². The van der Waals surface area contributed by atoms with Crippen LogP contribution in [0.2, 0.25) is 0 Å². The fraction of sp³-hybridized carbons (Fsp3) is 0.400. The van der Waals surface area contributed by atoms with E-state index in [0.29, 0.717) is 11.5 Å². The zero-order chi connectivity index (χ0) is 12.7. The van der Waals surface area contributed by atoms with E-state index in [1.165, 1.54) is 30.5 Å². The number of fused-ring (bicyclic) bond motifs is 3. The maximum absolute atomic E-state index is 11.2. The summed E-state index contributed by atoms with van der Waals surface area (Å²) in [6.45, 7) is 2.20. The summed E-state index contributed by atoms with van der Waals surface area (Å²) in [5.41, 5.74) is 3.81. The molecule has 1 aromatic carbocycles. The van der Waals surface area contributed by atoms with E-state index in [0.717, 1.165) is 17.3 Å². The second-order valence-corrected chi connectivity index (χ2v) is 5.07. The maximum atomic E-state index is 11.2. The molecule has 3 nitrogen and oxygen atoms in total. The van der Waals surface area contributed by atoms with Gasteiger partial charge in [0.1, 0.15) is 0 Å². The summed E-state index contributed by atoms with van der Waals surface area (Å²) >= 11 is 0. The lowest BCUT2D eigenvalue weighted by atomic mass is 10.0. The number of H-pyrrole nitrogens is 1. The molecule has 1 unspecified atom stereocenters. The third-order valence-electron chi connectivity index (χ3n) is 3.99. The van der Waals surface area contributed by atoms with E-state index in [9.17, 15) is 9.90 Å². The number of aryl methyl sites for hydroxylation is 1. The van der Waals surface area contributed by atoms with Gasteiger partial charge in [0.15, 0.2) is 0 Å². The van der Waals surface area contributed by atoms with Crippen LogP contribution in [-0.4, -0.2) is 16.1 Å². The minimum atomic E-state index is -0.854. The number of hydrogen-bond acceptors (Lipinski definition) is 1. The van der Waals surface area contributed by atoms with Crippen molar-refractivity contribution >= 4 is 16.9 Å². The summed E-state index contributed by atoms with van der Waals surface area (Å²) in [5.74, 6) is -0.272. The first-order chi connectivity index (χ1) is 8.72. The minimum Gasteiger partial charge on any atom is -0.478 e. The number of carboxylic acids is 1. The zero-order valence-electron chi connectivity index (χ0n) is 10.5. The lowest BCUT2D eigenvalue weighted by Gasteiger charge is -2.07. The Balaban J connectivity index is 2.19. The molecule has 0 spiro atoms. The van der Waals surface area contributed by atoms with Gasteiger partial charge in [0.25, 0.3) is 0 Å². The Kier molecular flexibility index (Phi) is 2.62. The fourth-order valence-electron chi connectivity index (χ4n) is 3.19. The van der Waals surface area contributed by atoms with Crippen molar-refractivity contribution < 1.29 is 9.90 Å². The first-order valence-electron chi connectivity index (χ1n) is 6.59. The number of aromatic amines is 1. The molecule has 1 aliphatic rings. The Morgan fingerprint density at radius 2 is 2.33 bits per heavy atom. The van der Waals surface area contributed by atoms with Crippen LogP contribution >= 0.6 is 0 Å². The molecule has 0 fully saturated rings. The summed E-state index contributed by atoms with van der Waals surface area (Å²) < 4.78 is 0. The lowest BCUT2D eigenvalue weighted by Crippen LogP contribution is -1.98. The van der Waals surface area contributed by atoms with Crippen LogP contribution in [0.3, 0.4) is 0 Å². The Hall–Kier alpha value is -1.77. The number of aromatic carboxylic acids is 1. The number of benzene rings is 1. The highest BCUT2D eigenvalue weighted by molar-refractivity contribution is 6.03. The average molecular weight is 243 g/mol. The van der Waals surface area contributed by atoms with E-state index < -0.39 is 5.97 Å². The van der Waals surface area contributed by atoms with Gasteiger partial charge in [-0.3, -0.25) is 0 Å². The predicted octanol–water partition coefficient (Wildman–Crippen LogP) is 3.70. The monoisotopic (exact) mass is 243 g/mol. The van der Waals surface area contributed by atoms with Crippen LogP contribution in [-0.2, 0) is 6.42 Å². The molecular formula is C15H17NO2. The van der Waals surface area contributed by atoms with Crippen molar-refractivity contribution in [1.29, 1.82) is 0 Å². The Labute approximate surface area is 106 Å². The van der Waals surface area contributed by atoms with E-state index in [2.05, 4.69) is 11.9 Å². The number of hydrogen-bond donors (Lipinski definition) is 2. The van der Waals surface area contributed by atoms with Gasteiger partial charge in [-0.1, -0.05) is 25.5 Å². The summed E-state index contributed by atoms with van der Waals surface area (Å²) in [7, 11) is 0. The molecular weight excluding hydrogens is 226 g/mol. The quantitative estimate of drug-likeness (QED) is 0.863. The molecule has 18 heavy (non-hydrogen) atoms. The first kappa shape index (κ1) is 11.3. The standard InChI is InChI=1S/C15H17NO2/c1-2-4-9-7-8-11-10-5-3-6-12(15(17)18)14(10)16-13(9)11/h3,5-6,9,16H,2,4,7-8H2,1H3,(H,17,18). The van der Waals surface area contributed by atoms with Gasteiger partial charge >= 0.3 is 5.97 Å². The van der Waals surface area contributed by atoms with Crippen molar-refractivity contribution in [2.45, 2.75) is 38.5 Å². The van der Waals surface area contributed by atoms with Crippen LogP contribution in [0.15, 0.2) is 18.2 Å². The molecule has 0 saturated carbocycles. The van der Waals surface area contributed by atoms with Crippen molar-refractivity contribution in [1.82, 2.24) is 4.98 Å². The number of aromatic nitrogens is 1. The SMILES string of the molecule is CCCC1CCc2c1[nH]c1c(C(=O)O)cccc21. The normalized spacial score (nSPS) is 18.2. The van der Waals surface area contributed by atoms with Gasteiger partial charge in [-0.25, -0.2) is 4.79 Å². The maximum Gasteiger partial charge on any atom is 0.337 e. The Morgan fingerprint density at radius 3 is 3.06 bits per heavy atom. The zero-order valence-corrected chi connectivity index (χ0v) is 10.5. The van der Waals surface area contributed by atoms with E-state index in [4.69, 9.17) is 0 Å². The molecule has 0 amide bonds. The van der Waals surface area contributed by atoms with Crippen LogP contribution in [0.25, 0.3) is 10.9 Å². The summed E-state index contributed by atoms with van der Waals surface area (Å²) in [6.07, 6.45) is 4.62. The smallest absolute Gasteiger partial charge is 0.337 e. The topological polar surface area (TPSA) is 53.1 Å². The van der Waals surface area contributed by atoms with Crippen LogP contribution in [0, 0.1) is 0 Å². The van der Waals surface area contributed by atoms with Gasteiger partial charge in [0.2, 0.25) is 0 Å². The van der Waals surface area contributed by atoms with Crippen molar-refractivity contribution in [3.8, 4) is 0 Å². The highest BCUT2D eigenvalue weighted by Crippen LogP contribution is 2.40. The van der Waals surface area contributed by atoms with E-state index >= 15 is 0 Å². The first-order valence-corrected chi connectivity index (χ1v) is 6.59. The summed E-state index contributed by atoms with van der Waals surface area (Å²) in [4.78, 5) is 14.6. The van der Waals surface area contributed by atoms with Crippen molar-refractivity contribution in [2.75, 3.05) is 0 Å². The lowest BCUT2D eigenvalue weighted by molar-refractivity contribution is 0.0699. The Bertz CT molecular complexity index is 612. The highest BCUT2D eigenvalue weighted by atomic mass is 16.4. The highest BCUT2D eigenvalue weighted by Gasteiger charge is 2.27. The number of nitrogens with one attached hydrogen (secondary N) is 1.